The number of pyridine rings is 1. The highest BCUT2D eigenvalue weighted by Gasteiger charge is 2.13. The number of hydrogen-bond acceptors (Lipinski definition) is 7. The van der Waals surface area contributed by atoms with E-state index in [0.29, 0.717) is 17.4 Å². The number of carbonyl (C=O) groups excluding carboxylic acids is 1. The summed E-state index contributed by atoms with van der Waals surface area (Å²) >= 11 is 11.9. The van der Waals surface area contributed by atoms with Gasteiger partial charge in [-0.25, -0.2) is 9.97 Å². The van der Waals surface area contributed by atoms with Crippen molar-refractivity contribution in [2.24, 2.45) is 0 Å². The Bertz CT molecular complexity index is 953. The van der Waals surface area contributed by atoms with Crippen molar-refractivity contribution in [3.8, 4) is 0 Å². The van der Waals surface area contributed by atoms with Gasteiger partial charge in [-0.3, -0.25) is 20.6 Å². The molecule has 2 aromatic heterocycles. The molecule has 10 heteroatoms. The molecule has 0 aliphatic heterocycles. The first kappa shape index (κ1) is 18.7. The van der Waals surface area contributed by atoms with Crippen molar-refractivity contribution in [1.82, 2.24) is 20.4 Å². The smallest absolute Gasteiger partial charge is 0.271 e. The van der Waals surface area contributed by atoms with E-state index in [2.05, 4.69) is 31.1 Å². The van der Waals surface area contributed by atoms with Crippen molar-refractivity contribution in [2.45, 2.75) is 6.54 Å². The predicted octanol–water partition coefficient (Wildman–Crippen LogP) is 3.13. The average Bonchev–Trinajstić information content (AvgIpc) is 2.67. The van der Waals surface area contributed by atoms with Gasteiger partial charge in [0.15, 0.2) is 11.6 Å². The van der Waals surface area contributed by atoms with Crippen LogP contribution in [0.15, 0.2) is 49.1 Å². The van der Waals surface area contributed by atoms with Gasteiger partial charge in [0, 0.05) is 24.0 Å². The highest BCUT2D eigenvalue weighted by atomic mass is 35.5. The second-order valence-electron chi connectivity index (χ2n) is 5.40. The Morgan fingerprint density at radius 3 is 2.70 bits per heavy atom. The maximum Gasteiger partial charge on any atom is 0.271 e. The Morgan fingerprint density at radius 2 is 1.96 bits per heavy atom. The number of anilines is 3. The summed E-state index contributed by atoms with van der Waals surface area (Å²) in [6.45, 7) is 0.487. The minimum Gasteiger partial charge on any atom is -0.393 e. The molecule has 0 radical (unpaired) electrons. The van der Waals surface area contributed by atoms with Gasteiger partial charge in [0.2, 0.25) is 0 Å². The lowest BCUT2D eigenvalue weighted by Crippen LogP contribution is -2.30. The van der Waals surface area contributed by atoms with Crippen molar-refractivity contribution in [3.63, 3.8) is 0 Å². The van der Waals surface area contributed by atoms with E-state index in [-0.39, 0.29) is 22.1 Å². The lowest BCUT2D eigenvalue weighted by Gasteiger charge is -2.13. The van der Waals surface area contributed by atoms with Crippen LogP contribution in [-0.2, 0) is 6.54 Å². The molecule has 138 valence electrons. The van der Waals surface area contributed by atoms with E-state index in [9.17, 15) is 4.79 Å². The summed E-state index contributed by atoms with van der Waals surface area (Å²) in [5.74, 6) is 0.215. The number of amides is 1. The van der Waals surface area contributed by atoms with E-state index in [1.54, 1.807) is 18.5 Å². The molecule has 0 aliphatic rings. The first-order valence-electron chi connectivity index (χ1n) is 7.79. The van der Waals surface area contributed by atoms with Crippen molar-refractivity contribution in [3.05, 3.63) is 70.2 Å². The Morgan fingerprint density at radius 1 is 1.15 bits per heavy atom. The second kappa shape index (κ2) is 8.52. The fourth-order valence-corrected chi connectivity index (χ4v) is 2.68. The van der Waals surface area contributed by atoms with Crippen molar-refractivity contribution in [1.29, 1.82) is 0 Å². The van der Waals surface area contributed by atoms with Crippen LogP contribution in [0.5, 0.6) is 0 Å². The second-order valence-corrected chi connectivity index (χ2v) is 6.25. The van der Waals surface area contributed by atoms with Crippen LogP contribution in [0.1, 0.15) is 15.9 Å². The molecule has 5 N–H and O–H groups in total. The van der Waals surface area contributed by atoms with Gasteiger partial charge in [-0.05, 0) is 29.8 Å². The zero-order valence-electron chi connectivity index (χ0n) is 13.9. The fourth-order valence-electron chi connectivity index (χ4n) is 2.18. The largest absolute Gasteiger partial charge is 0.393 e. The topological polar surface area (TPSA) is 118 Å². The lowest BCUT2D eigenvalue weighted by molar-refractivity contribution is 0.0962. The summed E-state index contributed by atoms with van der Waals surface area (Å²) in [4.78, 5) is 24.4. The van der Waals surface area contributed by atoms with E-state index >= 15 is 0 Å². The molecule has 8 nitrogen and oxygen atoms in total. The number of benzene rings is 1. The lowest BCUT2D eigenvalue weighted by atomic mass is 10.2. The Kier molecular flexibility index (Phi) is 5.90. The van der Waals surface area contributed by atoms with E-state index in [1.807, 2.05) is 12.1 Å². The molecule has 0 atom stereocenters. The number of nitrogen functional groups attached to an aromatic ring is 1. The maximum absolute atomic E-state index is 12.2. The number of aromatic nitrogens is 3. The third-order valence-electron chi connectivity index (χ3n) is 3.54. The summed E-state index contributed by atoms with van der Waals surface area (Å²) in [5, 5.41) is 3.77. The minimum atomic E-state index is -0.459. The molecule has 0 aliphatic carbocycles. The number of nitrogens with zero attached hydrogens (tertiary/aromatic N) is 3. The molecule has 0 fully saturated rings. The molecular weight excluding hydrogens is 389 g/mol. The summed E-state index contributed by atoms with van der Waals surface area (Å²) in [5.41, 5.74) is 12.7. The number of carbonyl (C=O) groups is 1. The van der Waals surface area contributed by atoms with E-state index in [1.165, 1.54) is 18.5 Å². The molecule has 0 bridgehead atoms. The third kappa shape index (κ3) is 4.75. The molecule has 3 aromatic rings. The normalized spacial score (nSPS) is 10.3. The molecule has 0 spiro atoms. The maximum atomic E-state index is 12.2. The first-order chi connectivity index (χ1) is 13.0. The Balaban J connectivity index is 1.66. The van der Waals surface area contributed by atoms with Gasteiger partial charge in [0.1, 0.15) is 12.0 Å². The van der Waals surface area contributed by atoms with Gasteiger partial charge < -0.3 is 11.1 Å². The van der Waals surface area contributed by atoms with E-state index < -0.39 is 5.91 Å². The highest BCUT2D eigenvalue weighted by Crippen LogP contribution is 2.23. The van der Waals surface area contributed by atoms with Crippen LogP contribution >= 0.6 is 23.2 Å². The van der Waals surface area contributed by atoms with Gasteiger partial charge in [-0.2, -0.15) is 0 Å². The van der Waals surface area contributed by atoms with Crippen LogP contribution in [0, 0.1) is 0 Å². The quantitative estimate of drug-likeness (QED) is 0.466. The van der Waals surface area contributed by atoms with Crippen LogP contribution < -0.4 is 21.9 Å². The van der Waals surface area contributed by atoms with E-state index in [0.717, 1.165) is 5.56 Å². The van der Waals surface area contributed by atoms with Crippen LogP contribution in [0.3, 0.4) is 0 Å². The molecule has 0 saturated carbocycles. The zero-order valence-corrected chi connectivity index (χ0v) is 15.4. The molecule has 27 heavy (non-hydrogen) atoms. The van der Waals surface area contributed by atoms with Crippen LogP contribution in [0.25, 0.3) is 0 Å². The summed E-state index contributed by atoms with van der Waals surface area (Å²) in [6, 6.07) is 8.34. The predicted molar refractivity (Wildman–Crippen MR) is 106 cm³/mol. The minimum absolute atomic E-state index is 0.233. The fraction of sp³-hybridized carbons (Fsp3) is 0.0588. The zero-order chi connectivity index (χ0) is 19.2. The third-order valence-corrected chi connectivity index (χ3v) is 4.08. The van der Waals surface area contributed by atoms with Crippen molar-refractivity contribution >= 4 is 46.4 Å². The number of hydrogen-bond donors (Lipinski definition) is 4. The van der Waals surface area contributed by atoms with Gasteiger partial charge in [-0.15, -0.1) is 0 Å². The summed E-state index contributed by atoms with van der Waals surface area (Å²) in [6.07, 6.45) is 4.76. The number of hydrazine groups is 1. The molecule has 0 unspecified atom stereocenters. The van der Waals surface area contributed by atoms with Crippen molar-refractivity contribution in [2.75, 3.05) is 16.5 Å². The molecule has 0 saturated heterocycles. The Hall–Kier alpha value is -3.10. The standard InChI is InChI=1S/C17H15Cl2N7O/c18-11-3-4-12(13(19)6-11)17(27)26-25-16-14(20)15(23-9-24-16)22-8-10-2-1-5-21-7-10/h1-7,9H,8,20H2,(H,26,27)(H2,22,23,24,25). The van der Waals surface area contributed by atoms with Crippen molar-refractivity contribution < 1.29 is 4.79 Å². The number of rotatable bonds is 6. The van der Waals surface area contributed by atoms with Gasteiger partial charge >= 0.3 is 0 Å². The SMILES string of the molecule is Nc1c(NCc2cccnc2)ncnc1NNC(=O)c1ccc(Cl)cc1Cl. The monoisotopic (exact) mass is 403 g/mol. The van der Waals surface area contributed by atoms with Crippen LogP contribution in [-0.4, -0.2) is 20.9 Å². The van der Waals surface area contributed by atoms with Gasteiger partial charge in [-0.1, -0.05) is 29.3 Å². The Labute approximate surface area is 165 Å². The number of nitrogens with two attached hydrogens (primary N) is 1. The van der Waals surface area contributed by atoms with Crippen LogP contribution in [0.4, 0.5) is 17.3 Å². The van der Waals surface area contributed by atoms with Crippen LogP contribution in [0.2, 0.25) is 10.0 Å². The highest BCUT2D eigenvalue weighted by molar-refractivity contribution is 6.36. The average molecular weight is 404 g/mol. The summed E-state index contributed by atoms with van der Waals surface area (Å²) < 4.78 is 0. The van der Waals surface area contributed by atoms with Gasteiger partial charge in [0.05, 0.1) is 10.6 Å². The molecule has 1 aromatic carbocycles. The summed E-state index contributed by atoms with van der Waals surface area (Å²) in [7, 11) is 0. The molecule has 1 amide bonds. The number of halogens is 2. The molecule has 3 rings (SSSR count). The number of nitrogens with one attached hydrogen (secondary N) is 3. The molecule has 2 heterocycles. The first-order valence-corrected chi connectivity index (χ1v) is 8.55. The molecular formula is C17H15Cl2N7O. The van der Waals surface area contributed by atoms with Gasteiger partial charge in [0.25, 0.3) is 5.91 Å². The van der Waals surface area contributed by atoms with E-state index in [4.69, 9.17) is 28.9 Å².